The van der Waals surface area contributed by atoms with Gasteiger partial charge in [0.25, 0.3) is 5.91 Å². The van der Waals surface area contributed by atoms with E-state index in [9.17, 15) is 9.59 Å². The van der Waals surface area contributed by atoms with Crippen molar-refractivity contribution in [3.63, 3.8) is 0 Å². The third-order valence-corrected chi connectivity index (χ3v) is 5.80. The lowest BCUT2D eigenvalue weighted by atomic mass is 9.93. The van der Waals surface area contributed by atoms with Crippen LogP contribution in [0.4, 0.5) is 0 Å². The van der Waals surface area contributed by atoms with Crippen molar-refractivity contribution < 1.29 is 18.7 Å². The van der Waals surface area contributed by atoms with Crippen LogP contribution in [0.5, 0.6) is 0 Å². The summed E-state index contributed by atoms with van der Waals surface area (Å²) in [6.45, 7) is 7.58. The lowest BCUT2D eigenvalue weighted by Crippen LogP contribution is -2.29. The number of carbonyl (C=O) groups is 2. The van der Waals surface area contributed by atoms with Crippen LogP contribution in [0.15, 0.2) is 10.6 Å². The van der Waals surface area contributed by atoms with Gasteiger partial charge in [-0.1, -0.05) is 0 Å². The topological polar surface area (TPSA) is 89.6 Å². The first kappa shape index (κ1) is 20.7. The highest BCUT2D eigenvalue weighted by Crippen LogP contribution is 2.38. The van der Waals surface area contributed by atoms with Gasteiger partial charge in [-0.3, -0.25) is 14.3 Å². The number of aryl methyl sites for hydroxylation is 2. The summed E-state index contributed by atoms with van der Waals surface area (Å²) in [4.78, 5) is 27.0. The first-order valence-electron chi connectivity index (χ1n) is 10.9. The van der Waals surface area contributed by atoms with Crippen LogP contribution in [0, 0.1) is 6.92 Å². The SMILES string of the molecule is CCOCCCNC(=O)Cn1cc2c(n1)-c1c(oc(C(=O)N3CCCC3)c1C)CC2. The standard InChI is InChI=1S/C22H30N4O4/c1-3-29-12-6-9-23-18(27)14-26-13-16-7-8-17-19(20(16)24-26)15(2)21(30-17)22(28)25-10-4-5-11-25/h13H,3-12,14H2,1-2H3,(H,23,27). The quantitative estimate of drug-likeness (QED) is 0.670. The Morgan fingerprint density at radius 2 is 2.07 bits per heavy atom. The molecule has 0 radical (unpaired) electrons. The Balaban J connectivity index is 1.46. The maximum atomic E-state index is 12.9. The molecular weight excluding hydrogens is 384 g/mol. The molecule has 2 aromatic heterocycles. The van der Waals surface area contributed by atoms with Gasteiger partial charge in [0, 0.05) is 56.6 Å². The van der Waals surface area contributed by atoms with Crippen molar-refractivity contribution in [1.82, 2.24) is 20.0 Å². The second kappa shape index (κ2) is 9.04. The highest BCUT2D eigenvalue weighted by atomic mass is 16.5. The van der Waals surface area contributed by atoms with Crippen molar-refractivity contribution >= 4 is 11.8 Å². The molecule has 3 heterocycles. The van der Waals surface area contributed by atoms with E-state index in [-0.39, 0.29) is 18.4 Å². The molecule has 2 aromatic rings. The number of aromatic nitrogens is 2. The summed E-state index contributed by atoms with van der Waals surface area (Å²) in [5.74, 6) is 1.18. The zero-order chi connectivity index (χ0) is 21.1. The van der Waals surface area contributed by atoms with E-state index >= 15 is 0 Å². The van der Waals surface area contributed by atoms with Gasteiger partial charge in [-0.05, 0) is 45.1 Å². The molecule has 1 fully saturated rings. The van der Waals surface area contributed by atoms with E-state index in [1.807, 2.05) is 24.9 Å². The third-order valence-electron chi connectivity index (χ3n) is 5.80. The Hall–Kier alpha value is -2.61. The molecule has 162 valence electrons. The van der Waals surface area contributed by atoms with Crippen molar-refractivity contribution in [3.8, 4) is 11.3 Å². The van der Waals surface area contributed by atoms with Crippen LogP contribution in [-0.2, 0) is 28.9 Å². The molecule has 0 atom stereocenters. The maximum Gasteiger partial charge on any atom is 0.289 e. The number of nitrogens with zero attached hydrogens (tertiary/aromatic N) is 3. The summed E-state index contributed by atoms with van der Waals surface area (Å²) in [6, 6.07) is 0. The van der Waals surface area contributed by atoms with Crippen molar-refractivity contribution in [1.29, 1.82) is 0 Å². The summed E-state index contributed by atoms with van der Waals surface area (Å²) in [5, 5.41) is 7.57. The van der Waals surface area contributed by atoms with E-state index in [1.54, 1.807) is 4.68 Å². The number of amides is 2. The predicted octanol–water partition coefficient (Wildman–Crippen LogP) is 2.33. The summed E-state index contributed by atoms with van der Waals surface area (Å²) in [7, 11) is 0. The number of carbonyl (C=O) groups excluding carboxylic acids is 2. The normalized spacial score (nSPS) is 15.2. The largest absolute Gasteiger partial charge is 0.455 e. The smallest absolute Gasteiger partial charge is 0.289 e. The summed E-state index contributed by atoms with van der Waals surface area (Å²) >= 11 is 0. The summed E-state index contributed by atoms with van der Waals surface area (Å²) in [6.07, 6.45) is 6.36. The predicted molar refractivity (Wildman–Crippen MR) is 111 cm³/mol. The fourth-order valence-electron chi connectivity index (χ4n) is 4.26. The fourth-order valence-corrected chi connectivity index (χ4v) is 4.26. The molecule has 8 nitrogen and oxygen atoms in total. The third kappa shape index (κ3) is 4.14. The molecule has 0 saturated carbocycles. The van der Waals surface area contributed by atoms with E-state index in [0.717, 1.165) is 73.3 Å². The van der Waals surface area contributed by atoms with Gasteiger partial charge in [0.15, 0.2) is 5.76 Å². The van der Waals surface area contributed by atoms with Crippen LogP contribution in [-0.4, -0.2) is 59.3 Å². The highest BCUT2D eigenvalue weighted by Gasteiger charge is 2.32. The van der Waals surface area contributed by atoms with E-state index in [0.29, 0.717) is 25.5 Å². The first-order chi connectivity index (χ1) is 14.6. The van der Waals surface area contributed by atoms with Crippen molar-refractivity contribution in [2.24, 2.45) is 0 Å². The van der Waals surface area contributed by atoms with Gasteiger partial charge in [0.2, 0.25) is 5.91 Å². The zero-order valence-electron chi connectivity index (χ0n) is 17.8. The van der Waals surface area contributed by atoms with E-state index in [2.05, 4.69) is 10.4 Å². The number of hydrogen-bond donors (Lipinski definition) is 1. The lowest BCUT2D eigenvalue weighted by molar-refractivity contribution is -0.121. The molecule has 30 heavy (non-hydrogen) atoms. The Labute approximate surface area is 176 Å². The number of nitrogens with one attached hydrogen (secondary N) is 1. The van der Waals surface area contributed by atoms with Crippen molar-refractivity contribution in [3.05, 3.63) is 28.8 Å². The van der Waals surface area contributed by atoms with Crippen LogP contribution in [0.2, 0.25) is 0 Å². The molecule has 0 bridgehead atoms. The van der Waals surface area contributed by atoms with Crippen LogP contribution in [0.1, 0.15) is 53.6 Å². The molecule has 2 amide bonds. The van der Waals surface area contributed by atoms with Gasteiger partial charge in [0.1, 0.15) is 12.3 Å². The molecule has 0 unspecified atom stereocenters. The Bertz CT molecular complexity index is 924. The zero-order valence-corrected chi connectivity index (χ0v) is 17.8. The minimum absolute atomic E-state index is 0.0215. The van der Waals surface area contributed by atoms with Crippen LogP contribution >= 0.6 is 0 Å². The number of rotatable bonds is 8. The second-order valence-corrected chi connectivity index (χ2v) is 7.95. The molecule has 2 aliphatic rings. The van der Waals surface area contributed by atoms with Crippen LogP contribution in [0.25, 0.3) is 11.3 Å². The van der Waals surface area contributed by atoms with Gasteiger partial charge in [-0.15, -0.1) is 0 Å². The fraction of sp³-hybridized carbons (Fsp3) is 0.591. The Kier molecular flexibility index (Phi) is 6.22. The molecule has 1 N–H and O–H groups in total. The molecule has 8 heteroatoms. The van der Waals surface area contributed by atoms with Crippen molar-refractivity contribution in [2.75, 3.05) is 32.8 Å². The summed E-state index contributed by atoms with van der Waals surface area (Å²) < 4.78 is 13.0. The molecule has 0 spiro atoms. The highest BCUT2D eigenvalue weighted by molar-refractivity contribution is 5.95. The lowest BCUT2D eigenvalue weighted by Gasteiger charge is -2.13. The van der Waals surface area contributed by atoms with Crippen LogP contribution < -0.4 is 5.32 Å². The molecule has 0 aromatic carbocycles. The minimum Gasteiger partial charge on any atom is -0.455 e. The number of ether oxygens (including phenoxy) is 1. The van der Waals surface area contributed by atoms with Gasteiger partial charge in [0.05, 0.1) is 5.69 Å². The molecule has 1 aliphatic heterocycles. The van der Waals surface area contributed by atoms with Crippen molar-refractivity contribution in [2.45, 2.75) is 52.5 Å². The molecule has 1 aliphatic carbocycles. The van der Waals surface area contributed by atoms with E-state index in [4.69, 9.17) is 9.15 Å². The minimum atomic E-state index is -0.0691. The molecule has 4 rings (SSSR count). The Morgan fingerprint density at radius 1 is 1.27 bits per heavy atom. The maximum absolute atomic E-state index is 12.9. The monoisotopic (exact) mass is 414 g/mol. The van der Waals surface area contributed by atoms with E-state index in [1.165, 1.54) is 0 Å². The van der Waals surface area contributed by atoms with Crippen LogP contribution in [0.3, 0.4) is 0 Å². The van der Waals surface area contributed by atoms with Gasteiger partial charge in [-0.25, -0.2) is 0 Å². The van der Waals surface area contributed by atoms with E-state index < -0.39 is 0 Å². The Morgan fingerprint density at radius 3 is 2.83 bits per heavy atom. The van der Waals surface area contributed by atoms with Gasteiger partial charge >= 0.3 is 0 Å². The number of fused-ring (bicyclic) bond motifs is 3. The molecule has 1 saturated heterocycles. The number of furan rings is 1. The molecular formula is C22H30N4O4. The van der Waals surface area contributed by atoms with Gasteiger partial charge in [-0.2, -0.15) is 5.10 Å². The number of hydrogen-bond acceptors (Lipinski definition) is 5. The average molecular weight is 415 g/mol. The van der Waals surface area contributed by atoms with Gasteiger partial charge < -0.3 is 19.4 Å². The summed E-state index contributed by atoms with van der Waals surface area (Å²) in [5.41, 5.74) is 3.71. The second-order valence-electron chi connectivity index (χ2n) is 7.95. The first-order valence-corrected chi connectivity index (χ1v) is 10.9. The average Bonchev–Trinajstić information content (AvgIpc) is 3.45. The number of likely N-dealkylation sites (tertiary alicyclic amines) is 1.